The minimum Gasteiger partial charge on any atom is -0.461 e. The first kappa shape index (κ1) is 21.4. The van der Waals surface area contributed by atoms with Crippen molar-refractivity contribution < 1.29 is 22.7 Å². The maximum atomic E-state index is 13.9. The summed E-state index contributed by atoms with van der Waals surface area (Å²) >= 11 is 0. The highest BCUT2D eigenvalue weighted by molar-refractivity contribution is 5.88. The van der Waals surface area contributed by atoms with E-state index in [2.05, 4.69) is 16.7 Å². The molecule has 0 saturated carbocycles. The second-order valence-electron chi connectivity index (χ2n) is 5.97. The molecular formula is C20H22F3N3O2. The second kappa shape index (κ2) is 8.41. The molecule has 28 heavy (non-hydrogen) atoms. The molecule has 0 aliphatic heterocycles. The number of allylic oxidation sites excluding steroid dienone is 5. The molecule has 0 radical (unpaired) electrons. The minimum absolute atomic E-state index is 0.0468. The van der Waals surface area contributed by atoms with E-state index in [4.69, 9.17) is 4.74 Å². The van der Waals surface area contributed by atoms with Gasteiger partial charge in [-0.3, -0.25) is 0 Å². The highest BCUT2D eigenvalue weighted by Crippen LogP contribution is 2.40. The molecule has 0 bridgehead atoms. The lowest BCUT2D eigenvalue weighted by molar-refractivity contribution is -0.0878. The molecule has 0 aliphatic rings. The number of halogens is 3. The number of alkyl halides is 3. The molecule has 0 spiro atoms. The number of aromatic nitrogens is 3. The van der Waals surface area contributed by atoms with Gasteiger partial charge in [-0.25, -0.2) is 14.3 Å². The summed E-state index contributed by atoms with van der Waals surface area (Å²) < 4.78 is 47.9. The number of fused-ring (bicyclic) bond motifs is 1. The van der Waals surface area contributed by atoms with E-state index in [1.807, 2.05) is 0 Å². The number of aryl methyl sites for hydroxylation is 1. The van der Waals surface area contributed by atoms with Gasteiger partial charge in [0, 0.05) is 5.57 Å². The molecule has 5 nitrogen and oxygen atoms in total. The van der Waals surface area contributed by atoms with Crippen LogP contribution in [0.25, 0.3) is 11.2 Å². The summed E-state index contributed by atoms with van der Waals surface area (Å²) in [7, 11) is 0. The van der Waals surface area contributed by atoms with Gasteiger partial charge in [0.05, 0.1) is 24.1 Å². The Morgan fingerprint density at radius 1 is 1.36 bits per heavy atom. The summed E-state index contributed by atoms with van der Waals surface area (Å²) in [4.78, 5) is 16.2. The minimum atomic E-state index is -4.59. The molecule has 2 aromatic heterocycles. The van der Waals surface area contributed by atoms with Crippen molar-refractivity contribution >= 4 is 17.2 Å². The fourth-order valence-electron chi connectivity index (χ4n) is 2.95. The Morgan fingerprint density at radius 3 is 2.54 bits per heavy atom. The number of hydrogen-bond acceptors (Lipinski definition) is 4. The molecular weight excluding hydrogens is 371 g/mol. The third-order valence-electron chi connectivity index (χ3n) is 4.21. The molecule has 2 aromatic rings. The number of carbonyl (C=O) groups excluding carboxylic acids is 1. The van der Waals surface area contributed by atoms with Crippen molar-refractivity contribution in [3.8, 4) is 0 Å². The molecule has 0 saturated heterocycles. The first-order valence-corrected chi connectivity index (χ1v) is 8.81. The Kier molecular flexibility index (Phi) is 6.43. The fraction of sp³-hybridized carbons (Fsp3) is 0.350. The molecule has 0 atom stereocenters. The van der Waals surface area contributed by atoms with E-state index in [9.17, 15) is 18.0 Å². The monoisotopic (exact) mass is 393 g/mol. The van der Waals surface area contributed by atoms with Crippen LogP contribution in [0, 0.1) is 6.92 Å². The maximum absolute atomic E-state index is 13.9. The molecule has 0 aliphatic carbocycles. The van der Waals surface area contributed by atoms with E-state index in [0.29, 0.717) is 11.2 Å². The summed E-state index contributed by atoms with van der Waals surface area (Å²) in [6, 6.07) is 1.59. The Labute approximate surface area is 161 Å². The highest BCUT2D eigenvalue weighted by atomic mass is 19.4. The number of rotatable bonds is 6. The van der Waals surface area contributed by atoms with Crippen molar-refractivity contribution in [2.24, 2.45) is 0 Å². The van der Waals surface area contributed by atoms with Crippen LogP contribution in [0.1, 0.15) is 48.9 Å². The predicted molar refractivity (Wildman–Crippen MR) is 101 cm³/mol. The largest absolute Gasteiger partial charge is 0.461 e. The van der Waals surface area contributed by atoms with Gasteiger partial charge < -0.3 is 4.74 Å². The molecule has 2 rings (SSSR count). The van der Waals surface area contributed by atoms with Crippen LogP contribution in [0.15, 0.2) is 42.1 Å². The SMILES string of the molecule is C=C/C(CC)=C(\C(=C/C)c1nn2c(C(=O)OCC)cnc2cc1C)C(F)(F)F. The highest BCUT2D eigenvalue weighted by Gasteiger charge is 2.39. The zero-order valence-electron chi connectivity index (χ0n) is 16.2. The number of carbonyl (C=O) groups is 1. The van der Waals surface area contributed by atoms with Gasteiger partial charge in [-0.15, -0.1) is 0 Å². The van der Waals surface area contributed by atoms with Gasteiger partial charge in [-0.2, -0.15) is 18.3 Å². The third-order valence-corrected chi connectivity index (χ3v) is 4.21. The summed E-state index contributed by atoms with van der Waals surface area (Å²) in [6.45, 7) is 10.1. The number of hydrogen-bond donors (Lipinski definition) is 0. The lowest BCUT2D eigenvalue weighted by Gasteiger charge is -2.19. The topological polar surface area (TPSA) is 56.5 Å². The Hall–Kier alpha value is -2.90. The van der Waals surface area contributed by atoms with E-state index >= 15 is 0 Å². The molecule has 8 heteroatoms. The zero-order valence-corrected chi connectivity index (χ0v) is 16.2. The van der Waals surface area contributed by atoms with Crippen LogP contribution in [0.5, 0.6) is 0 Å². The van der Waals surface area contributed by atoms with E-state index in [0.717, 1.165) is 0 Å². The standard InChI is InChI=1S/C20H22F3N3O2/c1-6-13(7-2)17(20(21,22)23)14(8-3)18-12(5)10-16-24-11-15(26(16)25-18)19(27)28-9-4/h6,8,10-11H,1,7,9H2,2-5H3/b14-8+,17-13-. The number of nitrogens with zero attached hydrogens (tertiary/aromatic N) is 3. The average molecular weight is 393 g/mol. The fourth-order valence-corrected chi connectivity index (χ4v) is 2.95. The molecule has 0 fully saturated rings. The smallest absolute Gasteiger partial charge is 0.417 e. The summed E-state index contributed by atoms with van der Waals surface area (Å²) in [5.41, 5.74) is 0.203. The van der Waals surface area contributed by atoms with Crippen molar-refractivity contribution in [2.45, 2.75) is 40.3 Å². The molecule has 0 amide bonds. The van der Waals surface area contributed by atoms with Crippen molar-refractivity contribution in [3.63, 3.8) is 0 Å². The average Bonchev–Trinajstić information content (AvgIpc) is 3.04. The summed E-state index contributed by atoms with van der Waals surface area (Å²) in [5, 5.41) is 4.31. The van der Waals surface area contributed by atoms with Gasteiger partial charge >= 0.3 is 12.1 Å². The molecule has 150 valence electrons. The van der Waals surface area contributed by atoms with Crippen LogP contribution in [-0.4, -0.2) is 33.4 Å². The maximum Gasteiger partial charge on any atom is 0.417 e. The summed E-state index contributed by atoms with van der Waals surface area (Å²) in [5.74, 6) is -0.647. The van der Waals surface area contributed by atoms with Gasteiger partial charge in [-0.05, 0) is 44.4 Å². The van der Waals surface area contributed by atoms with Crippen LogP contribution in [0.3, 0.4) is 0 Å². The van der Waals surface area contributed by atoms with Crippen LogP contribution >= 0.6 is 0 Å². The van der Waals surface area contributed by atoms with Crippen molar-refractivity contribution in [3.05, 3.63) is 59.1 Å². The Balaban J connectivity index is 2.78. The molecule has 0 aromatic carbocycles. The van der Waals surface area contributed by atoms with E-state index in [1.54, 1.807) is 26.8 Å². The first-order chi connectivity index (χ1) is 13.2. The van der Waals surface area contributed by atoms with Crippen molar-refractivity contribution in [1.29, 1.82) is 0 Å². The molecule has 2 heterocycles. The Bertz CT molecular complexity index is 969. The number of esters is 1. The third kappa shape index (κ3) is 4.00. The lowest BCUT2D eigenvalue weighted by Crippen LogP contribution is -2.18. The van der Waals surface area contributed by atoms with Gasteiger partial charge in [0.25, 0.3) is 0 Å². The zero-order chi connectivity index (χ0) is 21.1. The van der Waals surface area contributed by atoms with Gasteiger partial charge in [0.2, 0.25) is 0 Å². The van der Waals surface area contributed by atoms with Gasteiger partial charge in [0.15, 0.2) is 11.3 Å². The molecule has 0 N–H and O–H groups in total. The second-order valence-corrected chi connectivity index (χ2v) is 5.97. The van der Waals surface area contributed by atoms with Crippen LogP contribution in [-0.2, 0) is 4.74 Å². The van der Waals surface area contributed by atoms with Gasteiger partial charge in [0.1, 0.15) is 0 Å². The van der Waals surface area contributed by atoms with E-state index in [-0.39, 0.29) is 35.6 Å². The van der Waals surface area contributed by atoms with Crippen molar-refractivity contribution in [1.82, 2.24) is 14.6 Å². The first-order valence-electron chi connectivity index (χ1n) is 8.81. The van der Waals surface area contributed by atoms with Crippen molar-refractivity contribution in [2.75, 3.05) is 6.61 Å². The van der Waals surface area contributed by atoms with Gasteiger partial charge in [-0.1, -0.05) is 25.7 Å². The van der Waals surface area contributed by atoms with E-state index < -0.39 is 17.7 Å². The number of ether oxygens (including phenoxy) is 1. The number of imidazole rings is 1. The normalized spacial score (nSPS) is 13.5. The Morgan fingerprint density at radius 2 is 2.04 bits per heavy atom. The molecule has 0 unspecified atom stereocenters. The quantitative estimate of drug-likeness (QED) is 0.508. The van der Waals surface area contributed by atoms with E-state index in [1.165, 1.54) is 29.8 Å². The van der Waals surface area contributed by atoms with Crippen LogP contribution in [0.4, 0.5) is 13.2 Å². The summed E-state index contributed by atoms with van der Waals surface area (Å²) in [6.07, 6.45) is -0.564. The van der Waals surface area contributed by atoms with Crippen LogP contribution in [0.2, 0.25) is 0 Å². The van der Waals surface area contributed by atoms with Crippen LogP contribution < -0.4 is 0 Å². The predicted octanol–water partition coefficient (Wildman–Crippen LogP) is 5.07. The lowest BCUT2D eigenvalue weighted by atomic mass is 9.93.